The van der Waals surface area contributed by atoms with Crippen molar-refractivity contribution in [3.63, 3.8) is 0 Å². The Balaban J connectivity index is 1.96. The van der Waals surface area contributed by atoms with Crippen molar-refractivity contribution in [2.24, 2.45) is 5.92 Å². The second-order valence-electron chi connectivity index (χ2n) is 10.1. The lowest BCUT2D eigenvalue weighted by Gasteiger charge is -2.32. The van der Waals surface area contributed by atoms with E-state index in [9.17, 15) is 13.2 Å². The minimum atomic E-state index is -4.13. The largest absolute Gasteiger partial charge is 0.401 e. The molecule has 1 unspecified atom stereocenters. The third kappa shape index (κ3) is 6.24. The highest BCUT2D eigenvalue weighted by Gasteiger charge is 2.33. The SMILES string of the molecule is C=C/C=C(\C=C(\C)C(C)CC)c1[nH]c2ccc(C3CCN(CC(F)(F)F)CC3)cc2c1C(C)C. The average molecular weight is 473 g/mol. The van der Waals surface area contributed by atoms with Gasteiger partial charge in [0.05, 0.1) is 6.54 Å². The molecule has 34 heavy (non-hydrogen) atoms. The van der Waals surface area contributed by atoms with E-state index in [1.165, 1.54) is 27.0 Å². The Kier molecular flexibility index (Phi) is 8.51. The highest BCUT2D eigenvalue weighted by atomic mass is 19.4. The van der Waals surface area contributed by atoms with Crippen LogP contribution in [-0.2, 0) is 0 Å². The van der Waals surface area contributed by atoms with Crippen molar-refractivity contribution >= 4 is 16.5 Å². The molecule has 1 aromatic heterocycles. The van der Waals surface area contributed by atoms with Gasteiger partial charge in [0, 0.05) is 16.6 Å². The number of halogens is 3. The van der Waals surface area contributed by atoms with E-state index in [4.69, 9.17) is 0 Å². The normalized spacial score (nSPS) is 18.1. The van der Waals surface area contributed by atoms with Crippen LogP contribution in [0.3, 0.4) is 0 Å². The van der Waals surface area contributed by atoms with Gasteiger partial charge in [0.25, 0.3) is 0 Å². The molecule has 0 aliphatic carbocycles. The number of piperidine rings is 1. The number of alkyl halides is 3. The van der Waals surface area contributed by atoms with E-state index in [2.05, 4.69) is 76.5 Å². The molecule has 1 aromatic carbocycles. The molecule has 0 bridgehead atoms. The summed E-state index contributed by atoms with van der Waals surface area (Å²) in [5, 5.41) is 1.21. The number of fused-ring (bicyclic) bond motifs is 1. The van der Waals surface area contributed by atoms with Gasteiger partial charge in [-0.15, -0.1) is 0 Å². The number of likely N-dealkylation sites (tertiary alicyclic amines) is 1. The van der Waals surface area contributed by atoms with Gasteiger partial charge in [-0.2, -0.15) is 13.2 Å². The molecule has 0 amide bonds. The Hall–Kier alpha value is -2.27. The fourth-order valence-corrected chi connectivity index (χ4v) is 5.03. The molecule has 1 atom stereocenters. The van der Waals surface area contributed by atoms with Gasteiger partial charge >= 0.3 is 6.18 Å². The number of hydrogen-bond acceptors (Lipinski definition) is 1. The van der Waals surface area contributed by atoms with E-state index in [-0.39, 0.29) is 0 Å². The number of benzene rings is 1. The first-order valence-corrected chi connectivity index (χ1v) is 12.5. The maximum Gasteiger partial charge on any atom is 0.401 e. The predicted molar refractivity (Wildman–Crippen MR) is 138 cm³/mol. The van der Waals surface area contributed by atoms with Gasteiger partial charge in [0.2, 0.25) is 0 Å². The van der Waals surface area contributed by atoms with Crippen LogP contribution in [0.2, 0.25) is 0 Å². The number of nitrogens with zero attached hydrogens (tertiary/aromatic N) is 1. The zero-order valence-electron chi connectivity index (χ0n) is 21.2. The average Bonchev–Trinajstić information content (AvgIpc) is 3.16. The summed E-state index contributed by atoms with van der Waals surface area (Å²) in [5.74, 6) is 1.12. The molecule has 1 aliphatic rings. The molecule has 1 saturated heterocycles. The predicted octanol–water partition coefficient (Wildman–Crippen LogP) is 8.59. The fraction of sp³-hybridized carbons (Fsp3) is 0.517. The Labute approximate surface area is 202 Å². The third-order valence-corrected chi connectivity index (χ3v) is 7.26. The fourth-order valence-electron chi connectivity index (χ4n) is 5.03. The number of aromatic nitrogens is 1. The highest BCUT2D eigenvalue weighted by molar-refractivity contribution is 5.92. The van der Waals surface area contributed by atoms with Crippen molar-refractivity contribution in [3.8, 4) is 0 Å². The number of aromatic amines is 1. The van der Waals surface area contributed by atoms with Crippen LogP contribution < -0.4 is 0 Å². The Bertz CT molecular complexity index is 1050. The molecule has 5 heteroatoms. The van der Waals surface area contributed by atoms with Crippen molar-refractivity contribution in [2.45, 2.75) is 71.9 Å². The molecule has 2 heterocycles. The summed E-state index contributed by atoms with van der Waals surface area (Å²) in [5.41, 5.74) is 7.22. The summed E-state index contributed by atoms with van der Waals surface area (Å²) in [7, 11) is 0. The molecule has 0 radical (unpaired) electrons. The zero-order chi connectivity index (χ0) is 25.0. The number of hydrogen-bond donors (Lipinski definition) is 1. The standard InChI is InChI=1S/C29H39F3N2/c1-7-9-24(16-21(6)20(5)8-2)28-27(19(3)4)25-17-23(10-11-26(25)33-28)22-12-14-34(15-13-22)18-29(30,31)32/h7,9-11,16-17,19-20,22,33H,1,8,12-15,18H2,2-6H3/b21-16-,24-9+. The molecular formula is C29H39F3N2. The molecule has 0 saturated carbocycles. The number of allylic oxidation sites excluding steroid dienone is 5. The van der Waals surface area contributed by atoms with E-state index >= 15 is 0 Å². The minimum absolute atomic E-state index is 0.294. The van der Waals surface area contributed by atoms with Gasteiger partial charge < -0.3 is 4.98 Å². The van der Waals surface area contributed by atoms with E-state index in [1.54, 1.807) is 0 Å². The molecule has 186 valence electrons. The zero-order valence-corrected chi connectivity index (χ0v) is 21.2. The second kappa shape index (κ2) is 11.0. The monoisotopic (exact) mass is 472 g/mol. The summed E-state index contributed by atoms with van der Waals surface area (Å²) in [6.07, 6.45) is 4.66. The lowest BCUT2D eigenvalue weighted by atomic mass is 9.87. The third-order valence-electron chi connectivity index (χ3n) is 7.26. The van der Waals surface area contributed by atoms with Crippen LogP contribution in [0.4, 0.5) is 13.2 Å². The van der Waals surface area contributed by atoms with Gasteiger partial charge in [-0.05, 0) is 85.9 Å². The maximum absolute atomic E-state index is 12.8. The van der Waals surface area contributed by atoms with Crippen molar-refractivity contribution in [1.29, 1.82) is 0 Å². The van der Waals surface area contributed by atoms with E-state index in [0.717, 1.165) is 36.0 Å². The van der Waals surface area contributed by atoms with Crippen LogP contribution in [0.25, 0.3) is 16.5 Å². The van der Waals surface area contributed by atoms with Gasteiger partial charge in [-0.25, -0.2) is 0 Å². The first kappa shape index (κ1) is 26.3. The Morgan fingerprint density at radius 2 is 1.88 bits per heavy atom. The van der Waals surface area contributed by atoms with Crippen LogP contribution in [-0.4, -0.2) is 35.7 Å². The first-order valence-electron chi connectivity index (χ1n) is 12.5. The smallest absolute Gasteiger partial charge is 0.354 e. The number of H-pyrrole nitrogens is 1. The van der Waals surface area contributed by atoms with Crippen LogP contribution in [0, 0.1) is 5.92 Å². The van der Waals surface area contributed by atoms with Crippen LogP contribution in [0.1, 0.15) is 82.5 Å². The van der Waals surface area contributed by atoms with Crippen molar-refractivity contribution in [3.05, 3.63) is 65.4 Å². The molecule has 1 fully saturated rings. The van der Waals surface area contributed by atoms with E-state index in [1.807, 2.05) is 6.08 Å². The lowest BCUT2D eigenvalue weighted by molar-refractivity contribution is -0.147. The van der Waals surface area contributed by atoms with Crippen molar-refractivity contribution < 1.29 is 13.2 Å². The second-order valence-corrected chi connectivity index (χ2v) is 10.1. The van der Waals surface area contributed by atoms with Crippen molar-refractivity contribution in [2.75, 3.05) is 19.6 Å². The van der Waals surface area contributed by atoms with Crippen LogP contribution in [0.5, 0.6) is 0 Å². The highest BCUT2D eigenvalue weighted by Crippen LogP contribution is 2.38. The summed E-state index contributed by atoms with van der Waals surface area (Å²) < 4.78 is 38.3. The first-order chi connectivity index (χ1) is 16.0. The Morgan fingerprint density at radius 3 is 2.44 bits per heavy atom. The topological polar surface area (TPSA) is 19.0 Å². The van der Waals surface area contributed by atoms with Gasteiger partial charge in [-0.3, -0.25) is 4.90 Å². The number of rotatable bonds is 8. The molecule has 1 N–H and O–H groups in total. The van der Waals surface area contributed by atoms with E-state index < -0.39 is 12.7 Å². The summed E-state index contributed by atoms with van der Waals surface area (Å²) in [4.78, 5) is 5.19. The van der Waals surface area contributed by atoms with Gasteiger partial charge in [0.15, 0.2) is 0 Å². The van der Waals surface area contributed by atoms with Crippen LogP contribution >= 0.6 is 0 Å². The summed E-state index contributed by atoms with van der Waals surface area (Å²) in [6.45, 7) is 15.2. The van der Waals surface area contributed by atoms with Crippen LogP contribution in [0.15, 0.2) is 48.6 Å². The van der Waals surface area contributed by atoms with Gasteiger partial charge in [0.1, 0.15) is 0 Å². The molecule has 2 nitrogen and oxygen atoms in total. The molecule has 0 spiro atoms. The Morgan fingerprint density at radius 1 is 1.21 bits per heavy atom. The summed E-state index contributed by atoms with van der Waals surface area (Å²) >= 11 is 0. The lowest BCUT2D eigenvalue weighted by Crippen LogP contribution is -2.39. The number of nitrogens with one attached hydrogen (secondary N) is 1. The molecule has 3 rings (SSSR count). The van der Waals surface area contributed by atoms with Gasteiger partial charge in [-0.1, -0.05) is 64.1 Å². The maximum atomic E-state index is 12.8. The molecule has 1 aliphatic heterocycles. The minimum Gasteiger partial charge on any atom is -0.354 e. The molecular weight excluding hydrogens is 433 g/mol. The quantitative estimate of drug-likeness (QED) is 0.381. The van der Waals surface area contributed by atoms with Crippen molar-refractivity contribution in [1.82, 2.24) is 9.88 Å². The summed E-state index contributed by atoms with van der Waals surface area (Å²) in [6, 6.07) is 6.55. The van der Waals surface area contributed by atoms with E-state index in [0.29, 0.717) is 30.8 Å². The molecule has 2 aromatic rings.